The lowest BCUT2D eigenvalue weighted by atomic mass is 9.74. The number of azide groups is 1. The standard InChI is InChI=1S/C49H81N9O10/c1-10-33(4)42(56(6)48(63)41(32(2)3)49-19-18-36(31-49)43(45(50)60)57(49)7)39(64-8)30-40(59)58-22-14-17-38(58)44(65-9)34(5)46(61)54-37(29-35-15-12-11-13-16-35)47(62)52-20-23-66-25-27-68-28-26-67-24-21-53-55-51/h11-13,15-16,32-34,36-39,41-44H,10,14,17-31H2,1-9H3,(H2,50,60)(H,52,62)(H,54,61)/t33-,34+,36?,37-,38-,39+,41+,42-,43?,44+,49?/m0/s1. The molecule has 2 bridgehead atoms. The minimum atomic E-state index is -0.892. The summed E-state index contributed by atoms with van der Waals surface area (Å²) in [6.07, 6.45) is 3.46. The molecular weight excluding hydrogens is 875 g/mol. The number of ether oxygens (including phenoxy) is 5. The first kappa shape index (κ1) is 56.2. The number of likely N-dealkylation sites (tertiary alicyclic amines) is 2. The topological polar surface area (TPSA) is 240 Å². The zero-order valence-corrected chi connectivity index (χ0v) is 42.1. The van der Waals surface area contributed by atoms with Crippen molar-refractivity contribution in [3.63, 3.8) is 0 Å². The fourth-order valence-electron chi connectivity index (χ4n) is 11.3. The molecule has 4 rings (SSSR count). The van der Waals surface area contributed by atoms with Crippen LogP contribution >= 0.6 is 0 Å². The molecular formula is C49H81N9O10. The summed E-state index contributed by atoms with van der Waals surface area (Å²) in [4.78, 5) is 78.1. The number of benzene rings is 1. The van der Waals surface area contributed by atoms with Crippen molar-refractivity contribution in [3.05, 3.63) is 46.3 Å². The second kappa shape index (κ2) is 27.7. The summed E-state index contributed by atoms with van der Waals surface area (Å²) < 4.78 is 28.6. The number of nitrogens with zero attached hydrogens (tertiary/aromatic N) is 6. The number of likely N-dealkylation sites (N-methyl/N-ethyl adjacent to an activating group) is 2. The predicted octanol–water partition coefficient (Wildman–Crippen LogP) is 3.72. The van der Waals surface area contributed by atoms with Gasteiger partial charge in [-0.3, -0.25) is 28.9 Å². The molecule has 3 fully saturated rings. The third-order valence-electron chi connectivity index (χ3n) is 14.8. The van der Waals surface area contributed by atoms with Gasteiger partial charge in [0.15, 0.2) is 0 Å². The van der Waals surface area contributed by atoms with Crippen LogP contribution in [-0.2, 0) is 54.1 Å². The molecule has 3 unspecified atom stereocenters. The molecule has 0 radical (unpaired) electrons. The van der Waals surface area contributed by atoms with Crippen LogP contribution in [0.2, 0.25) is 0 Å². The lowest BCUT2D eigenvalue weighted by Crippen LogP contribution is -2.61. The normalized spacial score (nSPS) is 23.3. The molecule has 1 aromatic rings. The molecule has 11 atom stereocenters. The van der Waals surface area contributed by atoms with Gasteiger partial charge in [-0.25, -0.2) is 0 Å². The summed E-state index contributed by atoms with van der Waals surface area (Å²) in [7, 11) is 6.88. The molecule has 2 heterocycles. The number of methoxy groups -OCH3 is 2. The number of primary amides is 1. The highest BCUT2D eigenvalue weighted by atomic mass is 16.5. The Morgan fingerprint density at radius 1 is 0.956 bits per heavy atom. The lowest BCUT2D eigenvalue weighted by molar-refractivity contribution is -0.153. The summed E-state index contributed by atoms with van der Waals surface area (Å²) in [5.41, 5.74) is 14.6. The zero-order chi connectivity index (χ0) is 50.0. The summed E-state index contributed by atoms with van der Waals surface area (Å²) in [5, 5.41) is 9.28. The van der Waals surface area contributed by atoms with Gasteiger partial charge in [-0.05, 0) is 68.0 Å². The summed E-state index contributed by atoms with van der Waals surface area (Å²) in [5.74, 6) is -2.30. The van der Waals surface area contributed by atoms with Crippen LogP contribution < -0.4 is 16.4 Å². The van der Waals surface area contributed by atoms with E-state index in [2.05, 4.69) is 53.3 Å². The number of rotatable bonds is 31. The van der Waals surface area contributed by atoms with Crippen LogP contribution in [0.5, 0.6) is 0 Å². The first-order valence-corrected chi connectivity index (χ1v) is 24.6. The van der Waals surface area contributed by atoms with Crippen molar-refractivity contribution >= 4 is 29.5 Å². The highest BCUT2D eigenvalue weighted by Crippen LogP contribution is 2.55. The van der Waals surface area contributed by atoms with E-state index in [9.17, 15) is 24.0 Å². The highest BCUT2D eigenvalue weighted by molar-refractivity contribution is 5.89. The predicted molar refractivity (Wildman–Crippen MR) is 257 cm³/mol. The van der Waals surface area contributed by atoms with E-state index >= 15 is 0 Å². The molecule has 382 valence electrons. The largest absolute Gasteiger partial charge is 0.379 e. The molecule has 68 heavy (non-hydrogen) atoms. The number of piperidine rings is 1. The second-order valence-corrected chi connectivity index (χ2v) is 19.2. The molecule has 0 aromatic heterocycles. The molecule has 5 amide bonds. The van der Waals surface area contributed by atoms with Crippen molar-refractivity contribution in [1.82, 2.24) is 25.3 Å². The Labute approximate surface area is 403 Å². The molecule has 19 nitrogen and oxygen atoms in total. The van der Waals surface area contributed by atoms with Crippen LogP contribution in [-0.4, -0.2) is 174 Å². The Morgan fingerprint density at radius 2 is 1.62 bits per heavy atom. The lowest BCUT2D eigenvalue weighted by Gasteiger charge is -2.48. The Morgan fingerprint density at radius 3 is 2.21 bits per heavy atom. The third kappa shape index (κ3) is 14.4. The van der Waals surface area contributed by atoms with Crippen LogP contribution in [0.3, 0.4) is 0 Å². The van der Waals surface area contributed by atoms with E-state index < -0.39 is 53.8 Å². The van der Waals surface area contributed by atoms with Crippen molar-refractivity contribution in [2.45, 2.75) is 128 Å². The van der Waals surface area contributed by atoms with E-state index in [1.807, 2.05) is 49.3 Å². The first-order valence-electron chi connectivity index (χ1n) is 24.6. The van der Waals surface area contributed by atoms with Crippen molar-refractivity contribution in [1.29, 1.82) is 0 Å². The Bertz CT molecular complexity index is 1820. The van der Waals surface area contributed by atoms with E-state index in [-0.39, 0.29) is 79.8 Å². The van der Waals surface area contributed by atoms with Gasteiger partial charge < -0.3 is 49.9 Å². The van der Waals surface area contributed by atoms with Gasteiger partial charge in [-0.2, -0.15) is 0 Å². The average molecular weight is 956 g/mol. The molecule has 3 aliphatic rings. The smallest absolute Gasteiger partial charge is 0.243 e. The molecule has 0 spiro atoms. The van der Waals surface area contributed by atoms with E-state index in [0.29, 0.717) is 46.0 Å². The van der Waals surface area contributed by atoms with Crippen molar-refractivity contribution in [3.8, 4) is 0 Å². The SMILES string of the molecule is CC[C@H](C)[C@@H]([C@@H](CC(=O)N1CCC[C@H]1[C@H](OC)[C@@H](C)C(=O)N[C@@H](Cc1ccccc1)C(=O)NCCOCCOCCOCCN=[N+]=[N-])OC)N(C)C(=O)[C@@H](C(C)C)C12CCC(C1)C(C(N)=O)N2C. The van der Waals surface area contributed by atoms with Gasteiger partial charge in [0.1, 0.15) is 6.04 Å². The molecule has 1 aliphatic carbocycles. The van der Waals surface area contributed by atoms with E-state index in [4.69, 9.17) is 34.9 Å². The van der Waals surface area contributed by atoms with Gasteiger partial charge in [-0.1, -0.05) is 76.5 Å². The van der Waals surface area contributed by atoms with Gasteiger partial charge in [0.25, 0.3) is 0 Å². The van der Waals surface area contributed by atoms with Crippen molar-refractivity contribution in [2.75, 3.05) is 87.6 Å². The Kier molecular flexibility index (Phi) is 22.9. The van der Waals surface area contributed by atoms with Crippen LogP contribution in [0.1, 0.15) is 85.1 Å². The van der Waals surface area contributed by atoms with Crippen molar-refractivity contribution in [2.24, 2.45) is 40.4 Å². The van der Waals surface area contributed by atoms with Gasteiger partial charge in [0.2, 0.25) is 29.5 Å². The first-order chi connectivity index (χ1) is 32.6. The number of hydrogen-bond acceptors (Lipinski definition) is 12. The highest BCUT2D eigenvalue weighted by Gasteiger charge is 2.62. The maximum absolute atomic E-state index is 14.9. The quantitative estimate of drug-likeness (QED) is 0.0420. The number of carbonyl (C=O) groups is 5. The van der Waals surface area contributed by atoms with Gasteiger partial charge >= 0.3 is 0 Å². The average Bonchev–Trinajstić information content (AvgIpc) is 4.05. The van der Waals surface area contributed by atoms with Crippen LogP contribution in [0.25, 0.3) is 10.4 Å². The number of nitrogens with two attached hydrogens (primary N) is 1. The van der Waals surface area contributed by atoms with Gasteiger partial charge in [0.05, 0.1) is 88.2 Å². The van der Waals surface area contributed by atoms with Gasteiger partial charge in [0, 0.05) is 57.8 Å². The molecule has 4 N–H and O–H groups in total. The molecule has 2 aliphatic heterocycles. The monoisotopic (exact) mass is 956 g/mol. The van der Waals surface area contributed by atoms with Crippen LogP contribution in [0.4, 0.5) is 0 Å². The Hall–Kier alpha value is -4.36. The van der Waals surface area contributed by atoms with E-state index in [1.165, 1.54) is 0 Å². The van der Waals surface area contributed by atoms with Gasteiger partial charge in [-0.15, -0.1) is 0 Å². The molecule has 1 saturated carbocycles. The maximum atomic E-state index is 14.9. The number of hydrogen-bond donors (Lipinski definition) is 3. The zero-order valence-electron chi connectivity index (χ0n) is 42.1. The minimum absolute atomic E-state index is 0.0127. The summed E-state index contributed by atoms with van der Waals surface area (Å²) in [6.45, 7) is 12.9. The van der Waals surface area contributed by atoms with Crippen LogP contribution in [0.15, 0.2) is 35.4 Å². The maximum Gasteiger partial charge on any atom is 0.243 e. The molecule has 2 saturated heterocycles. The minimum Gasteiger partial charge on any atom is -0.379 e. The number of nitrogens with one attached hydrogen (secondary N) is 2. The molecule has 19 heteroatoms. The third-order valence-corrected chi connectivity index (χ3v) is 14.8. The number of amides is 5. The summed E-state index contributed by atoms with van der Waals surface area (Å²) >= 11 is 0. The number of carbonyl (C=O) groups excluding carboxylic acids is 5. The fraction of sp³-hybridized carbons (Fsp3) is 0.776. The Balaban J connectivity index is 1.40. The molecule has 1 aromatic carbocycles. The van der Waals surface area contributed by atoms with E-state index in [1.54, 1.807) is 26.0 Å². The second-order valence-electron chi connectivity index (χ2n) is 19.2. The van der Waals surface area contributed by atoms with E-state index in [0.717, 1.165) is 37.7 Å². The fourth-order valence-corrected chi connectivity index (χ4v) is 11.3. The summed E-state index contributed by atoms with van der Waals surface area (Å²) in [6, 6.07) is 7.31. The van der Waals surface area contributed by atoms with Crippen LogP contribution in [0, 0.1) is 29.6 Å². The van der Waals surface area contributed by atoms with Crippen molar-refractivity contribution < 1.29 is 47.7 Å². The number of fused-ring (bicyclic) bond motifs is 2.